The summed E-state index contributed by atoms with van der Waals surface area (Å²) in [4.78, 5) is 18.0. The number of methoxy groups -OCH3 is 1. The van der Waals surface area contributed by atoms with Gasteiger partial charge in [0.2, 0.25) is 0 Å². The molecule has 0 saturated heterocycles. The van der Waals surface area contributed by atoms with Crippen molar-refractivity contribution >= 4 is 22.6 Å². The Balaban J connectivity index is 1.47. The van der Waals surface area contributed by atoms with Gasteiger partial charge in [-0.2, -0.15) is 10.2 Å². The quantitative estimate of drug-likeness (QED) is 0.440. The maximum Gasteiger partial charge on any atom is 0.256 e. The lowest BCUT2D eigenvalue weighted by molar-refractivity contribution is 0.102. The average Bonchev–Trinajstić information content (AvgIpc) is 3.44. The van der Waals surface area contributed by atoms with Gasteiger partial charge in [-0.3, -0.25) is 9.48 Å². The molecule has 0 radical (unpaired) electrons. The summed E-state index contributed by atoms with van der Waals surface area (Å²) < 4.78 is 8.71. The summed E-state index contributed by atoms with van der Waals surface area (Å²) in [6.07, 6.45) is 3.57. The van der Waals surface area contributed by atoms with Crippen molar-refractivity contribution in [3.63, 3.8) is 0 Å². The number of hydrogen-bond acceptors (Lipinski definition) is 5. The van der Waals surface area contributed by atoms with Crippen LogP contribution >= 0.6 is 0 Å². The third-order valence-corrected chi connectivity index (χ3v) is 5.45. The zero-order chi connectivity index (χ0) is 22.9. The molecule has 3 aromatic heterocycles. The topological polar surface area (TPSA) is 86.9 Å². The molecule has 0 aliphatic carbocycles. The van der Waals surface area contributed by atoms with Crippen LogP contribution in [0.4, 0.5) is 5.69 Å². The largest absolute Gasteiger partial charge is 0.497 e. The monoisotopic (exact) mass is 438 g/mol. The third-order valence-electron chi connectivity index (χ3n) is 5.45. The molecule has 8 heteroatoms. The summed E-state index contributed by atoms with van der Waals surface area (Å²) >= 11 is 0. The average molecular weight is 438 g/mol. The van der Waals surface area contributed by atoms with E-state index >= 15 is 0 Å². The lowest BCUT2D eigenvalue weighted by atomic mass is 10.1. The van der Waals surface area contributed by atoms with E-state index in [9.17, 15) is 4.79 Å². The highest BCUT2D eigenvalue weighted by Crippen LogP contribution is 2.27. The van der Waals surface area contributed by atoms with Crippen molar-refractivity contribution in [1.82, 2.24) is 24.5 Å². The number of ether oxygens (including phenoxy) is 1. The van der Waals surface area contributed by atoms with Crippen LogP contribution in [0.15, 0.2) is 73.1 Å². The van der Waals surface area contributed by atoms with Crippen molar-refractivity contribution in [2.24, 2.45) is 7.05 Å². The van der Waals surface area contributed by atoms with Crippen molar-refractivity contribution in [2.45, 2.75) is 6.92 Å². The molecule has 5 aromatic rings. The predicted molar refractivity (Wildman–Crippen MR) is 127 cm³/mol. The van der Waals surface area contributed by atoms with Gasteiger partial charge in [-0.25, -0.2) is 9.67 Å². The summed E-state index contributed by atoms with van der Waals surface area (Å²) in [6, 6.07) is 18.8. The van der Waals surface area contributed by atoms with E-state index in [2.05, 4.69) is 15.5 Å². The molecule has 0 fully saturated rings. The van der Waals surface area contributed by atoms with Gasteiger partial charge in [0.25, 0.3) is 5.91 Å². The lowest BCUT2D eigenvalue weighted by Crippen LogP contribution is -2.13. The predicted octanol–water partition coefficient (Wildman–Crippen LogP) is 4.39. The smallest absolute Gasteiger partial charge is 0.256 e. The number of carbonyl (C=O) groups excluding carboxylic acids is 1. The van der Waals surface area contributed by atoms with Gasteiger partial charge in [-0.15, -0.1) is 0 Å². The van der Waals surface area contributed by atoms with E-state index in [0.717, 1.165) is 22.7 Å². The fourth-order valence-electron chi connectivity index (χ4n) is 3.67. The lowest BCUT2D eigenvalue weighted by Gasteiger charge is -2.10. The molecule has 0 atom stereocenters. The highest BCUT2D eigenvalue weighted by Gasteiger charge is 2.17. The number of nitrogens with one attached hydrogen (secondary N) is 1. The number of hydrogen-bond donors (Lipinski definition) is 1. The Morgan fingerprint density at radius 1 is 1.03 bits per heavy atom. The SMILES string of the molecule is COc1ccc(-c2cc(C(=O)Nc3ccc(-n4ccc(C)n4)cc3)c3cnn(C)c3n2)cc1. The first-order valence-corrected chi connectivity index (χ1v) is 10.4. The second kappa shape index (κ2) is 8.23. The van der Waals surface area contributed by atoms with Crippen molar-refractivity contribution in [3.05, 3.63) is 84.3 Å². The second-order valence-electron chi connectivity index (χ2n) is 7.69. The Kier molecular flexibility index (Phi) is 5.10. The van der Waals surface area contributed by atoms with Crippen LogP contribution < -0.4 is 10.1 Å². The minimum absolute atomic E-state index is 0.229. The number of carbonyl (C=O) groups is 1. The Labute approximate surface area is 190 Å². The number of aromatic nitrogens is 5. The van der Waals surface area contributed by atoms with Crippen LogP contribution in [0.3, 0.4) is 0 Å². The summed E-state index contributed by atoms with van der Waals surface area (Å²) in [6.45, 7) is 1.94. The van der Waals surface area contributed by atoms with Crippen LogP contribution in [0, 0.1) is 6.92 Å². The first kappa shape index (κ1) is 20.4. The molecule has 2 aromatic carbocycles. The summed E-state index contributed by atoms with van der Waals surface area (Å²) in [5.74, 6) is 0.528. The molecule has 1 amide bonds. The fraction of sp³-hybridized carbons (Fsp3) is 0.120. The van der Waals surface area contributed by atoms with E-state index in [1.165, 1.54) is 0 Å². The molecule has 0 bridgehead atoms. The molecular weight excluding hydrogens is 416 g/mol. The minimum atomic E-state index is -0.229. The van der Waals surface area contributed by atoms with Crippen LogP contribution in [-0.2, 0) is 7.05 Å². The maximum absolute atomic E-state index is 13.3. The number of benzene rings is 2. The summed E-state index contributed by atoms with van der Waals surface area (Å²) in [7, 11) is 3.44. The van der Waals surface area contributed by atoms with E-state index in [-0.39, 0.29) is 5.91 Å². The minimum Gasteiger partial charge on any atom is -0.497 e. The van der Waals surface area contributed by atoms with E-state index in [4.69, 9.17) is 9.72 Å². The van der Waals surface area contributed by atoms with Gasteiger partial charge in [0.1, 0.15) is 5.75 Å². The van der Waals surface area contributed by atoms with Crippen LogP contribution in [0.1, 0.15) is 16.1 Å². The van der Waals surface area contributed by atoms with Gasteiger partial charge in [-0.05, 0) is 67.6 Å². The number of pyridine rings is 1. The van der Waals surface area contributed by atoms with Crippen LogP contribution in [0.5, 0.6) is 5.75 Å². The molecule has 0 aliphatic rings. The molecule has 1 N–H and O–H groups in total. The molecule has 3 heterocycles. The highest BCUT2D eigenvalue weighted by atomic mass is 16.5. The van der Waals surface area contributed by atoms with Gasteiger partial charge in [-0.1, -0.05) is 0 Å². The Bertz CT molecular complexity index is 1450. The number of anilines is 1. The first-order valence-electron chi connectivity index (χ1n) is 10.4. The van der Waals surface area contributed by atoms with Gasteiger partial charge in [0, 0.05) is 24.5 Å². The zero-order valence-electron chi connectivity index (χ0n) is 18.5. The van der Waals surface area contributed by atoms with E-state index in [1.54, 1.807) is 28.7 Å². The molecule has 0 saturated carbocycles. The molecule has 8 nitrogen and oxygen atoms in total. The van der Waals surface area contributed by atoms with Crippen molar-refractivity contribution in [1.29, 1.82) is 0 Å². The van der Waals surface area contributed by atoms with E-state index < -0.39 is 0 Å². The first-order chi connectivity index (χ1) is 16.0. The van der Waals surface area contributed by atoms with Gasteiger partial charge in [0.15, 0.2) is 5.65 Å². The van der Waals surface area contributed by atoms with Crippen LogP contribution in [0.25, 0.3) is 28.0 Å². The number of rotatable bonds is 5. The Morgan fingerprint density at radius 2 is 1.79 bits per heavy atom. The van der Waals surface area contributed by atoms with Gasteiger partial charge >= 0.3 is 0 Å². The normalized spacial score (nSPS) is 11.0. The standard InChI is InChI=1S/C25H22N6O2/c1-16-12-13-31(29-16)19-8-6-18(7-9-19)27-25(32)21-14-23(17-4-10-20(33-3)11-5-17)28-24-22(21)15-26-30(24)2/h4-15H,1-3H3,(H,27,32). The van der Waals surface area contributed by atoms with Crippen molar-refractivity contribution < 1.29 is 9.53 Å². The zero-order valence-corrected chi connectivity index (χ0v) is 18.5. The summed E-state index contributed by atoms with van der Waals surface area (Å²) in [5, 5.41) is 12.4. The summed E-state index contributed by atoms with van der Waals surface area (Å²) in [5.41, 5.74) is 5.26. The number of fused-ring (bicyclic) bond motifs is 1. The van der Waals surface area contributed by atoms with Gasteiger partial charge < -0.3 is 10.1 Å². The molecule has 33 heavy (non-hydrogen) atoms. The van der Waals surface area contributed by atoms with Crippen LogP contribution in [-0.4, -0.2) is 37.6 Å². The fourth-order valence-corrected chi connectivity index (χ4v) is 3.67. The number of aryl methyl sites for hydroxylation is 2. The molecule has 0 spiro atoms. The highest BCUT2D eigenvalue weighted by molar-refractivity contribution is 6.12. The van der Waals surface area contributed by atoms with E-state index in [1.807, 2.05) is 74.8 Å². The Hall–Kier alpha value is -4.46. The Morgan fingerprint density at radius 3 is 2.45 bits per heavy atom. The molecule has 0 aliphatic heterocycles. The molecular formula is C25H22N6O2. The molecule has 5 rings (SSSR count). The maximum atomic E-state index is 13.3. The second-order valence-corrected chi connectivity index (χ2v) is 7.69. The molecule has 0 unspecified atom stereocenters. The third kappa shape index (κ3) is 3.94. The van der Waals surface area contributed by atoms with Crippen LogP contribution in [0.2, 0.25) is 0 Å². The van der Waals surface area contributed by atoms with Crippen molar-refractivity contribution in [3.8, 4) is 22.7 Å². The molecule has 164 valence electrons. The number of nitrogens with zero attached hydrogens (tertiary/aromatic N) is 5. The number of amides is 1. The van der Waals surface area contributed by atoms with E-state index in [0.29, 0.717) is 28.0 Å². The van der Waals surface area contributed by atoms with Gasteiger partial charge in [0.05, 0.1) is 41.3 Å². The van der Waals surface area contributed by atoms with Crippen molar-refractivity contribution in [2.75, 3.05) is 12.4 Å².